The normalized spacial score (nSPS) is 16.0. The van der Waals surface area contributed by atoms with E-state index in [4.69, 9.17) is 17.0 Å². The summed E-state index contributed by atoms with van der Waals surface area (Å²) < 4.78 is 6.79. The van der Waals surface area contributed by atoms with Gasteiger partial charge < -0.3 is 4.74 Å². The second-order valence-electron chi connectivity index (χ2n) is 7.69. The summed E-state index contributed by atoms with van der Waals surface area (Å²) >= 11 is 7.01. The van der Waals surface area contributed by atoms with Gasteiger partial charge in [-0.25, -0.2) is 0 Å². The Morgan fingerprint density at radius 1 is 0.968 bits per heavy atom. The van der Waals surface area contributed by atoms with E-state index >= 15 is 0 Å². The Morgan fingerprint density at radius 2 is 1.71 bits per heavy atom. The summed E-state index contributed by atoms with van der Waals surface area (Å²) in [5.41, 5.74) is 4.59. The van der Waals surface area contributed by atoms with Crippen molar-refractivity contribution < 1.29 is 9.53 Å². The number of para-hydroxylation sites is 1. The van der Waals surface area contributed by atoms with E-state index < -0.39 is 0 Å². The van der Waals surface area contributed by atoms with Gasteiger partial charge >= 0.3 is 0 Å². The topological polar surface area (TPSA) is 29.5 Å². The van der Waals surface area contributed by atoms with Crippen LogP contribution in [0, 0.1) is 6.92 Å². The summed E-state index contributed by atoms with van der Waals surface area (Å²) in [6.07, 6.45) is 1.41. The summed E-state index contributed by atoms with van der Waals surface area (Å²) in [6.45, 7) is 3.20. The van der Waals surface area contributed by atoms with Crippen LogP contribution < -0.4 is 4.74 Å². The van der Waals surface area contributed by atoms with Gasteiger partial charge in [0.1, 0.15) is 16.7 Å². The van der Waals surface area contributed by atoms with E-state index in [-0.39, 0.29) is 11.2 Å². The lowest BCUT2D eigenvalue weighted by Gasteiger charge is -2.16. The van der Waals surface area contributed by atoms with E-state index in [1.807, 2.05) is 48.5 Å². The molecule has 1 fully saturated rings. The van der Waals surface area contributed by atoms with Crippen molar-refractivity contribution in [3.05, 3.63) is 101 Å². The van der Waals surface area contributed by atoms with Crippen molar-refractivity contribution in [3.63, 3.8) is 0 Å². The Kier molecular flexibility index (Phi) is 7.05. The summed E-state index contributed by atoms with van der Waals surface area (Å²) in [5.74, 6) is 0.922. The second kappa shape index (κ2) is 10.1. The molecule has 0 aliphatic carbocycles. The van der Waals surface area contributed by atoms with E-state index in [1.54, 1.807) is 4.90 Å². The third-order valence-corrected chi connectivity index (χ3v) is 6.91. The van der Waals surface area contributed by atoms with Gasteiger partial charge in [0.05, 0.1) is 5.25 Å². The van der Waals surface area contributed by atoms with E-state index in [9.17, 15) is 4.79 Å². The van der Waals surface area contributed by atoms with Crippen LogP contribution >= 0.6 is 24.0 Å². The van der Waals surface area contributed by atoms with Gasteiger partial charge in [0.15, 0.2) is 0 Å². The number of ether oxygens (including phenoxy) is 1. The number of rotatable bonds is 8. The van der Waals surface area contributed by atoms with E-state index in [0.717, 1.165) is 23.3 Å². The van der Waals surface area contributed by atoms with Gasteiger partial charge in [-0.1, -0.05) is 102 Å². The smallest absolute Gasteiger partial charge is 0.241 e. The Bertz CT molecular complexity index is 1070. The number of benzene rings is 3. The number of aryl methyl sites for hydroxylation is 1. The number of carbonyl (C=O) groups is 1. The molecule has 1 atom stereocenters. The van der Waals surface area contributed by atoms with Gasteiger partial charge in [-0.3, -0.25) is 9.69 Å². The fourth-order valence-corrected chi connectivity index (χ4v) is 5.26. The number of hydrogen-bond donors (Lipinski definition) is 0. The molecule has 0 aromatic heterocycles. The SMILES string of the molecule is Cc1cccc(COc2ccccc2C[C@H]2SC(=S)N(CCc3ccccc3)C2=O)c1. The maximum Gasteiger partial charge on any atom is 0.241 e. The van der Waals surface area contributed by atoms with Gasteiger partial charge in [0.2, 0.25) is 5.91 Å². The predicted molar refractivity (Wildman–Crippen MR) is 131 cm³/mol. The summed E-state index contributed by atoms with van der Waals surface area (Å²) in [4.78, 5) is 14.8. The fourth-order valence-electron chi connectivity index (χ4n) is 3.69. The van der Waals surface area contributed by atoms with Gasteiger partial charge in [0.25, 0.3) is 0 Å². The van der Waals surface area contributed by atoms with Crippen molar-refractivity contribution in [2.45, 2.75) is 31.6 Å². The van der Waals surface area contributed by atoms with Crippen LogP contribution in [0.1, 0.15) is 22.3 Å². The van der Waals surface area contributed by atoms with Crippen molar-refractivity contribution in [2.75, 3.05) is 6.54 Å². The van der Waals surface area contributed by atoms with E-state index in [1.165, 1.54) is 22.9 Å². The Hall–Kier alpha value is -2.63. The molecule has 3 aromatic rings. The van der Waals surface area contributed by atoms with E-state index in [2.05, 4.69) is 37.3 Å². The number of nitrogens with zero attached hydrogens (tertiary/aromatic N) is 1. The molecular weight excluding hydrogens is 422 g/mol. The van der Waals surface area contributed by atoms with Crippen LogP contribution in [0.5, 0.6) is 5.75 Å². The first-order valence-electron chi connectivity index (χ1n) is 10.4. The maximum atomic E-state index is 13.0. The molecule has 0 radical (unpaired) electrons. The molecule has 158 valence electrons. The highest BCUT2D eigenvalue weighted by molar-refractivity contribution is 8.24. The van der Waals surface area contributed by atoms with Crippen LogP contribution in [0.2, 0.25) is 0 Å². The number of carbonyl (C=O) groups excluding carboxylic acids is 1. The molecule has 1 aliphatic rings. The molecule has 1 saturated heterocycles. The molecular formula is C26H25NO2S2. The number of thioether (sulfide) groups is 1. The lowest BCUT2D eigenvalue weighted by Crippen LogP contribution is -2.33. The molecule has 0 bridgehead atoms. The highest BCUT2D eigenvalue weighted by Crippen LogP contribution is 2.32. The minimum Gasteiger partial charge on any atom is -0.489 e. The zero-order valence-electron chi connectivity index (χ0n) is 17.5. The average molecular weight is 448 g/mol. The molecule has 5 heteroatoms. The van der Waals surface area contributed by atoms with Gasteiger partial charge in [0, 0.05) is 6.54 Å². The van der Waals surface area contributed by atoms with Crippen LogP contribution in [0.3, 0.4) is 0 Å². The number of hydrogen-bond acceptors (Lipinski definition) is 4. The van der Waals surface area contributed by atoms with Gasteiger partial charge in [-0.2, -0.15) is 0 Å². The van der Waals surface area contributed by atoms with Crippen molar-refractivity contribution in [3.8, 4) is 5.75 Å². The first-order valence-corrected chi connectivity index (χ1v) is 11.7. The monoisotopic (exact) mass is 447 g/mol. The van der Waals surface area contributed by atoms with Crippen molar-refractivity contribution in [1.29, 1.82) is 0 Å². The molecule has 0 N–H and O–H groups in total. The van der Waals surface area contributed by atoms with Crippen molar-refractivity contribution >= 4 is 34.2 Å². The lowest BCUT2D eigenvalue weighted by molar-refractivity contribution is -0.126. The quantitative estimate of drug-likeness (QED) is 0.421. The molecule has 3 aromatic carbocycles. The van der Waals surface area contributed by atoms with Crippen LogP contribution in [-0.4, -0.2) is 26.9 Å². The molecule has 1 heterocycles. The minimum atomic E-state index is -0.202. The summed E-state index contributed by atoms with van der Waals surface area (Å²) in [7, 11) is 0. The van der Waals surface area contributed by atoms with Crippen LogP contribution in [0.15, 0.2) is 78.9 Å². The molecule has 4 rings (SSSR count). The average Bonchev–Trinajstić information content (AvgIpc) is 3.05. The lowest BCUT2D eigenvalue weighted by atomic mass is 10.1. The largest absolute Gasteiger partial charge is 0.489 e. The Labute approximate surface area is 193 Å². The van der Waals surface area contributed by atoms with Crippen molar-refractivity contribution in [1.82, 2.24) is 4.90 Å². The first kappa shape index (κ1) is 21.6. The van der Waals surface area contributed by atoms with Crippen molar-refractivity contribution in [2.24, 2.45) is 0 Å². The Balaban J connectivity index is 1.40. The predicted octanol–water partition coefficient (Wildman–Crippen LogP) is 5.59. The zero-order valence-corrected chi connectivity index (χ0v) is 19.1. The van der Waals surface area contributed by atoms with Crippen LogP contribution in [-0.2, 0) is 24.2 Å². The Morgan fingerprint density at radius 3 is 2.52 bits per heavy atom. The van der Waals surface area contributed by atoms with Crippen LogP contribution in [0.4, 0.5) is 0 Å². The third kappa shape index (κ3) is 5.54. The molecule has 0 saturated carbocycles. The first-order chi connectivity index (χ1) is 15.1. The molecule has 1 aliphatic heterocycles. The number of amides is 1. The van der Waals surface area contributed by atoms with E-state index in [0.29, 0.717) is 23.9 Å². The van der Waals surface area contributed by atoms with Gasteiger partial charge in [-0.05, 0) is 42.5 Å². The molecule has 1 amide bonds. The molecule has 0 spiro atoms. The second-order valence-corrected chi connectivity index (χ2v) is 9.52. The zero-order chi connectivity index (χ0) is 21.6. The maximum absolute atomic E-state index is 13.0. The summed E-state index contributed by atoms with van der Waals surface area (Å²) in [6, 6.07) is 26.5. The molecule has 0 unspecified atom stereocenters. The standard InChI is InChI=1S/C26H25NO2S2/c1-19-8-7-11-21(16-19)18-29-23-13-6-5-12-22(23)17-24-25(28)27(26(30)31-24)15-14-20-9-3-2-4-10-20/h2-13,16,24H,14-15,17-18H2,1H3/t24-/m1/s1. The highest BCUT2D eigenvalue weighted by Gasteiger charge is 2.36. The molecule has 31 heavy (non-hydrogen) atoms. The molecule has 3 nitrogen and oxygen atoms in total. The van der Waals surface area contributed by atoms with Gasteiger partial charge in [-0.15, -0.1) is 0 Å². The highest BCUT2D eigenvalue weighted by atomic mass is 32.2. The van der Waals surface area contributed by atoms with Crippen LogP contribution in [0.25, 0.3) is 0 Å². The minimum absolute atomic E-state index is 0.0967. The summed E-state index contributed by atoms with van der Waals surface area (Å²) in [5, 5.41) is -0.202. The third-order valence-electron chi connectivity index (χ3n) is 5.33. The number of thiocarbonyl (C=S) groups is 1. The fraction of sp³-hybridized carbons (Fsp3) is 0.231.